The maximum Gasteiger partial charge on any atom is 0.252 e. The Morgan fingerprint density at radius 1 is 1.56 bits per heavy atom. The second-order valence-electron chi connectivity index (χ2n) is 4.05. The van der Waals surface area contributed by atoms with E-state index in [1.54, 1.807) is 0 Å². The van der Waals surface area contributed by atoms with Crippen LogP contribution < -0.4 is 10.9 Å². The smallest absolute Gasteiger partial charge is 0.252 e. The number of aromatic amines is 1. The number of nitrogens with one attached hydrogen (secondary N) is 2. The molecule has 90 valence electrons. The molecule has 0 saturated carbocycles. The number of rotatable bonds is 7. The molecule has 1 heterocycles. The van der Waals surface area contributed by atoms with Crippen LogP contribution in [0.25, 0.3) is 0 Å². The fraction of sp³-hybridized carbons (Fsp3) is 0.636. The highest BCUT2D eigenvalue weighted by atomic mass is 16.5. The predicted molar refractivity (Wildman–Crippen MR) is 63.6 cm³/mol. The summed E-state index contributed by atoms with van der Waals surface area (Å²) in [6.07, 6.45) is 2.29. The molecule has 1 aromatic heterocycles. The van der Waals surface area contributed by atoms with Gasteiger partial charge in [-0.05, 0) is 12.3 Å². The zero-order valence-corrected chi connectivity index (χ0v) is 9.82. The van der Waals surface area contributed by atoms with Crippen LogP contribution in [-0.2, 0) is 4.74 Å². The van der Waals surface area contributed by atoms with Gasteiger partial charge in [-0.2, -0.15) is 0 Å². The summed E-state index contributed by atoms with van der Waals surface area (Å²) in [6, 6.07) is 1.44. The van der Waals surface area contributed by atoms with Crippen molar-refractivity contribution in [3.8, 4) is 0 Å². The third-order valence-electron chi connectivity index (χ3n) is 1.90. The van der Waals surface area contributed by atoms with Crippen molar-refractivity contribution in [2.75, 3.05) is 25.1 Å². The molecule has 0 saturated heterocycles. The molecule has 16 heavy (non-hydrogen) atoms. The van der Waals surface area contributed by atoms with Gasteiger partial charge in [0.05, 0.1) is 6.33 Å². The monoisotopic (exact) mass is 225 g/mol. The lowest BCUT2D eigenvalue weighted by Crippen LogP contribution is -2.12. The van der Waals surface area contributed by atoms with Crippen LogP contribution in [-0.4, -0.2) is 29.7 Å². The molecule has 0 unspecified atom stereocenters. The van der Waals surface area contributed by atoms with E-state index in [1.165, 1.54) is 12.4 Å². The number of anilines is 1. The highest BCUT2D eigenvalue weighted by Crippen LogP contribution is 1.96. The first-order valence-corrected chi connectivity index (χ1v) is 5.55. The summed E-state index contributed by atoms with van der Waals surface area (Å²) < 4.78 is 5.43. The van der Waals surface area contributed by atoms with Crippen molar-refractivity contribution in [3.05, 3.63) is 22.7 Å². The first-order valence-electron chi connectivity index (χ1n) is 5.55. The number of ether oxygens (including phenoxy) is 1. The van der Waals surface area contributed by atoms with E-state index in [9.17, 15) is 4.79 Å². The van der Waals surface area contributed by atoms with Gasteiger partial charge in [0.1, 0.15) is 5.82 Å². The summed E-state index contributed by atoms with van der Waals surface area (Å²) in [7, 11) is 0. The number of aromatic nitrogens is 2. The number of nitrogens with zero attached hydrogens (tertiary/aromatic N) is 1. The molecular formula is C11H19N3O2. The Morgan fingerprint density at radius 3 is 3.06 bits per heavy atom. The van der Waals surface area contributed by atoms with E-state index >= 15 is 0 Å². The first kappa shape index (κ1) is 12.7. The van der Waals surface area contributed by atoms with Gasteiger partial charge in [-0.3, -0.25) is 4.79 Å². The molecule has 1 aromatic rings. The van der Waals surface area contributed by atoms with E-state index in [-0.39, 0.29) is 5.56 Å². The Morgan fingerprint density at radius 2 is 2.38 bits per heavy atom. The summed E-state index contributed by atoms with van der Waals surface area (Å²) >= 11 is 0. The van der Waals surface area contributed by atoms with Crippen LogP contribution in [0.4, 0.5) is 5.82 Å². The fourth-order valence-electron chi connectivity index (χ4n) is 1.17. The highest BCUT2D eigenvalue weighted by molar-refractivity contribution is 5.31. The molecule has 0 atom stereocenters. The Kier molecular flexibility index (Phi) is 5.56. The lowest BCUT2D eigenvalue weighted by atomic mass is 10.2. The van der Waals surface area contributed by atoms with Gasteiger partial charge in [0.15, 0.2) is 0 Å². The molecular weight excluding hydrogens is 206 g/mol. The van der Waals surface area contributed by atoms with Gasteiger partial charge < -0.3 is 15.0 Å². The third-order valence-corrected chi connectivity index (χ3v) is 1.90. The molecule has 1 rings (SSSR count). The van der Waals surface area contributed by atoms with Crippen LogP contribution in [0.15, 0.2) is 17.2 Å². The fourth-order valence-corrected chi connectivity index (χ4v) is 1.17. The lowest BCUT2D eigenvalue weighted by Gasteiger charge is -2.07. The van der Waals surface area contributed by atoms with Crippen molar-refractivity contribution >= 4 is 5.82 Å². The van der Waals surface area contributed by atoms with Crippen LogP contribution >= 0.6 is 0 Å². The van der Waals surface area contributed by atoms with Crippen molar-refractivity contribution in [3.63, 3.8) is 0 Å². The molecule has 5 nitrogen and oxygen atoms in total. The van der Waals surface area contributed by atoms with Gasteiger partial charge in [-0.25, -0.2) is 4.98 Å². The molecule has 0 aliphatic heterocycles. The molecule has 0 aliphatic carbocycles. The average molecular weight is 225 g/mol. The van der Waals surface area contributed by atoms with Gasteiger partial charge in [-0.1, -0.05) is 13.8 Å². The van der Waals surface area contributed by atoms with Gasteiger partial charge in [0.2, 0.25) is 0 Å². The minimum atomic E-state index is -0.145. The maximum atomic E-state index is 10.9. The molecule has 2 N–H and O–H groups in total. The van der Waals surface area contributed by atoms with E-state index in [1.807, 2.05) is 0 Å². The maximum absolute atomic E-state index is 10.9. The molecule has 0 spiro atoms. The van der Waals surface area contributed by atoms with Crippen molar-refractivity contribution in [2.45, 2.75) is 20.3 Å². The minimum absolute atomic E-state index is 0.145. The third kappa shape index (κ3) is 5.50. The Labute approximate surface area is 95.3 Å². The largest absolute Gasteiger partial charge is 0.381 e. The summed E-state index contributed by atoms with van der Waals surface area (Å²) in [5.74, 6) is 1.18. The van der Waals surface area contributed by atoms with Gasteiger partial charge in [0, 0.05) is 25.8 Å². The Balaban J connectivity index is 2.09. The van der Waals surface area contributed by atoms with Crippen molar-refractivity contribution < 1.29 is 4.74 Å². The Bertz CT molecular complexity index is 349. The summed E-state index contributed by atoms with van der Waals surface area (Å²) in [5.41, 5.74) is -0.145. The molecule has 0 aliphatic rings. The first-order chi connectivity index (χ1) is 7.68. The SMILES string of the molecule is CC(C)COCCCNc1cc(=O)[nH]cn1. The summed E-state index contributed by atoms with van der Waals surface area (Å²) in [6.45, 7) is 6.53. The van der Waals surface area contributed by atoms with E-state index in [0.717, 1.165) is 26.2 Å². The van der Waals surface area contributed by atoms with Crippen molar-refractivity contribution in [1.29, 1.82) is 0 Å². The topological polar surface area (TPSA) is 67.0 Å². The van der Waals surface area contributed by atoms with Crippen LogP contribution in [0, 0.1) is 5.92 Å². The quantitative estimate of drug-likeness (QED) is 0.685. The van der Waals surface area contributed by atoms with E-state index in [4.69, 9.17) is 4.74 Å². The van der Waals surface area contributed by atoms with Crippen LogP contribution in [0.1, 0.15) is 20.3 Å². The molecule has 0 fully saturated rings. The minimum Gasteiger partial charge on any atom is -0.381 e. The van der Waals surface area contributed by atoms with Crippen LogP contribution in [0.3, 0.4) is 0 Å². The normalized spacial score (nSPS) is 10.7. The van der Waals surface area contributed by atoms with Crippen LogP contribution in [0.2, 0.25) is 0 Å². The standard InChI is InChI=1S/C11H19N3O2/c1-9(2)7-16-5-3-4-12-10-6-11(15)14-8-13-10/h6,8-9H,3-5,7H2,1-2H3,(H2,12,13,14,15). The van der Waals surface area contributed by atoms with Gasteiger partial charge in [-0.15, -0.1) is 0 Å². The van der Waals surface area contributed by atoms with Gasteiger partial charge in [0.25, 0.3) is 5.56 Å². The van der Waals surface area contributed by atoms with E-state index in [2.05, 4.69) is 29.1 Å². The lowest BCUT2D eigenvalue weighted by molar-refractivity contribution is 0.110. The van der Waals surface area contributed by atoms with Crippen molar-refractivity contribution in [2.24, 2.45) is 5.92 Å². The highest BCUT2D eigenvalue weighted by Gasteiger charge is 1.95. The predicted octanol–water partition coefficient (Wildman–Crippen LogP) is 1.24. The zero-order valence-electron chi connectivity index (χ0n) is 9.82. The van der Waals surface area contributed by atoms with Crippen LogP contribution in [0.5, 0.6) is 0 Å². The average Bonchev–Trinajstić information content (AvgIpc) is 2.23. The summed E-state index contributed by atoms with van der Waals surface area (Å²) in [5, 5.41) is 3.06. The van der Waals surface area contributed by atoms with E-state index in [0.29, 0.717) is 11.7 Å². The van der Waals surface area contributed by atoms with Gasteiger partial charge >= 0.3 is 0 Å². The molecule has 0 radical (unpaired) electrons. The Hall–Kier alpha value is -1.36. The second kappa shape index (κ2) is 7.00. The number of hydrogen-bond donors (Lipinski definition) is 2. The molecule has 0 bridgehead atoms. The van der Waals surface area contributed by atoms with Crippen molar-refractivity contribution in [1.82, 2.24) is 9.97 Å². The molecule has 0 aromatic carbocycles. The zero-order chi connectivity index (χ0) is 11.8. The summed E-state index contributed by atoms with van der Waals surface area (Å²) in [4.78, 5) is 17.4. The molecule has 0 amide bonds. The molecule has 5 heteroatoms. The van der Waals surface area contributed by atoms with E-state index < -0.39 is 0 Å². The second-order valence-corrected chi connectivity index (χ2v) is 4.05. The number of H-pyrrole nitrogens is 1. The number of hydrogen-bond acceptors (Lipinski definition) is 4.